The number of carbonyl (C=O) groups excluding carboxylic acids is 2. The van der Waals surface area contributed by atoms with E-state index in [2.05, 4.69) is 10.6 Å². The van der Waals surface area contributed by atoms with E-state index in [-0.39, 0.29) is 11.8 Å². The lowest BCUT2D eigenvalue weighted by Gasteiger charge is -2.09. The van der Waals surface area contributed by atoms with Crippen LogP contribution in [0, 0.1) is 0 Å². The molecule has 0 aliphatic rings. The summed E-state index contributed by atoms with van der Waals surface area (Å²) < 4.78 is 0. The van der Waals surface area contributed by atoms with Crippen molar-refractivity contribution in [3.63, 3.8) is 0 Å². The van der Waals surface area contributed by atoms with Crippen LogP contribution in [0.3, 0.4) is 0 Å². The van der Waals surface area contributed by atoms with Gasteiger partial charge in [-0.15, -0.1) is 0 Å². The molecule has 2 N–H and O–H groups in total. The third kappa shape index (κ3) is 5.89. The van der Waals surface area contributed by atoms with Crippen molar-refractivity contribution in [1.29, 1.82) is 0 Å². The molecule has 8 heteroatoms. The minimum atomic E-state index is -0.284. The van der Waals surface area contributed by atoms with Gasteiger partial charge in [0.1, 0.15) is 0 Å². The molecular formula is C22H16Cl4N2O2. The van der Waals surface area contributed by atoms with Crippen molar-refractivity contribution in [2.45, 2.75) is 13.1 Å². The van der Waals surface area contributed by atoms with E-state index in [9.17, 15) is 9.59 Å². The molecule has 154 valence electrons. The Morgan fingerprint density at radius 1 is 0.600 bits per heavy atom. The molecule has 0 atom stereocenters. The van der Waals surface area contributed by atoms with Crippen LogP contribution >= 0.6 is 46.4 Å². The van der Waals surface area contributed by atoms with Crippen molar-refractivity contribution < 1.29 is 9.59 Å². The fraction of sp³-hybridized carbons (Fsp3) is 0.0909. The molecule has 0 spiro atoms. The van der Waals surface area contributed by atoms with Crippen LogP contribution in [-0.4, -0.2) is 11.8 Å². The summed E-state index contributed by atoms with van der Waals surface area (Å²) in [6.45, 7) is 0.676. The molecule has 30 heavy (non-hydrogen) atoms. The number of carbonyl (C=O) groups is 2. The minimum absolute atomic E-state index is 0.284. The third-order valence-corrected chi connectivity index (χ3v) is 5.38. The van der Waals surface area contributed by atoms with Crippen LogP contribution in [0.1, 0.15) is 31.8 Å². The highest BCUT2D eigenvalue weighted by Crippen LogP contribution is 2.22. The molecule has 0 radical (unpaired) electrons. The molecule has 0 saturated carbocycles. The van der Waals surface area contributed by atoms with Gasteiger partial charge in [0, 0.05) is 23.1 Å². The number of hydrogen-bond donors (Lipinski definition) is 2. The van der Waals surface area contributed by atoms with Crippen molar-refractivity contribution in [1.82, 2.24) is 10.6 Å². The molecule has 3 rings (SSSR count). The van der Waals surface area contributed by atoms with E-state index in [0.717, 1.165) is 11.1 Å². The molecule has 4 nitrogen and oxygen atoms in total. The molecule has 0 heterocycles. The minimum Gasteiger partial charge on any atom is -0.348 e. The zero-order valence-corrected chi connectivity index (χ0v) is 18.5. The van der Waals surface area contributed by atoms with E-state index < -0.39 is 0 Å². The molecule has 3 aromatic carbocycles. The Labute approximate surface area is 194 Å². The van der Waals surface area contributed by atoms with Gasteiger partial charge in [-0.1, -0.05) is 70.7 Å². The van der Waals surface area contributed by atoms with Gasteiger partial charge in [-0.2, -0.15) is 0 Å². The van der Waals surface area contributed by atoms with E-state index in [0.29, 0.717) is 44.3 Å². The quantitative estimate of drug-likeness (QED) is 0.442. The van der Waals surface area contributed by atoms with Gasteiger partial charge < -0.3 is 10.6 Å². The van der Waals surface area contributed by atoms with Gasteiger partial charge in [-0.3, -0.25) is 9.59 Å². The predicted molar refractivity (Wildman–Crippen MR) is 122 cm³/mol. The fourth-order valence-electron chi connectivity index (χ4n) is 2.68. The Balaban J connectivity index is 1.53. The van der Waals surface area contributed by atoms with E-state index in [1.165, 1.54) is 12.1 Å². The van der Waals surface area contributed by atoms with Crippen LogP contribution in [0.4, 0.5) is 0 Å². The number of halogens is 4. The third-order valence-electron chi connectivity index (χ3n) is 4.28. The molecular weight excluding hydrogens is 466 g/mol. The molecule has 0 fully saturated rings. The Kier molecular flexibility index (Phi) is 7.62. The topological polar surface area (TPSA) is 58.2 Å². The number of rotatable bonds is 6. The summed E-state index contributed by atoms with van der Waals surface area (Å²) in [7, 11) is 0. The second kappa shape index (κ2) is 10.2. The highest BCUT2D eigenvalue weighted by Gasteiger charge is 2.12. The van der Waals surface area contributed by atoms with Crippen LogP contribution in [0.5, 0.6) is 0 Å². The highest BCUT2D eigenvalue weighted by molar-refractivity contribution is 6.37. The Morgan fingerprint density at radius 3 is 1.30 bits per heavy atom. The summed E-state index contributed by atoms with van der Waals surface area (Å²) >= 11 is 23.8. The summed E-state index contributed by atoms with van der Waals surface area (Å²) in [5.41, 5.74) is 2.54. The Morgan fingerprint density at radius 2 is 0.967 bits per heavy atom. The zero-order chi connectivity index (χ0) is 21.7. The predicted octanol–water partition coefficient (Wildman–Crippen LogP) is 6.16. The summed E-state index contributed by atoms with van der Waals surface area (Å²) in [4.78, 5) is 24.5. The molecule has 0 aliphatic heterocycles. The Bertz CT molecular complexity index is 998. The molecule has 0 unspecified atom stereocenters. The van der Waals surface area contributed by atoms with Gasteiger partial charge in [-0.05, 0) is 47.5 Å². The molecule has 0 bridgehead atoms. The van der Waals surface area contributed by atoms with Gasteiger partial charge in [0.05, 0.1) is 21.2 Å². The van der Waals surface area contributed by atoms with Crippen LogP contribution in [0.15, 0.2) is 60.7 Å². The van der Waals surface area contributed by atoms with Crippen molar-refractivity contribution in [3.05, 3.63) is 103 Å². The molecule has 0 saturated heterocycles. The van der Waals surface area contributed by atoms with Crippen LogP contribution < -0.4 is 10.6 Å². The first-order chi connectivity index (χ1) is 14.3. The summed E-state index contributed by atoms with van der Waals surface area (Å²) in [6.07, 6.45) is 0. The van der Waals surface area contributed by atoms with E-state index in [1.807, 2.05) is 24.3 Å². The first kappa shape index (κ1) is 22.4. The number of hydrogen-bond acceptors (Lipinski definition) is 2. The van der Waals surface area contributed by atoms with E-state index >= 15 is 0 Å². The van der Waals surface area contributed by atoms with Gasteiger partial charge in [-0.25, -0.2) is 0 Å². The first-order valence-corrected chi connectivity index (χ1v) is 10.4. The molecule has 0 aromatic heterocycles. The summed E-state index contributed by atoms with van der Waals surface area (Å²) in [6, 6.07) is 16.9. The average Bonchev–Trinajstić information content (AvgIpc) is 2.71. The normalized spacial score (nSPS) is 10.5. The Hall–Kier alpha value is -2.24. The van der Waals surface area contributed by atoms with Crippen molar-refractivity contribution in [2.24, 2.45) is 0 Å². The van der Waals surface area contributed by atoms with Gasteiger partial charge in [0.25, 0.3) is 11.8 Å². The maximum absolute atomic E-state index is 12.3. The van der Waals surface area contributed by atoms with Gasteiger partial charge >= 0.3 is 0 Å². The number of benzene rings is 3. The largest absolute Gasteiger partial charge is 0.348 e. The van der Waals surface area contributed by atoms with Gasteiger partial charge in [0.2, 0.25) is 0 Å². The van der Waals surface area contributed by atoms with E-state index in [4.69, 9.17) is 46.4 Å². The lowest BCUT2D eigenvalue weighted by atomic mass is 10.1. The van der Waals surface area contributed by atoms with Crippen molar-refractivity contribution >= 4 is 58.2 Å². The lowest BCUT2D eigenvalue weighted by molar-refractivity contribution is 0.0942. The van der Waals surface area contributed by atoms with Gasteiger partial charge in [0.15, 0.2) is 0 Å². The van der Waals surface area contributed by atoms with Crippen molar-refractivity contribution in [3.8, 4) is 0 Å². The maximum atomic E-state index is 12.3. The smallest absolute Gasteiger partial charge is 0.253 e. The highest BCUT2D eigenvalue weighted by atomic mass is 35.5. The fourth-order valence-corrected chi connectivity index (χ4v) is 3.67. The standard InChI is InChI=1S/C22H16Cl4N2O2/c23-15-5-7-17(19(25)9-15)21(29)27-11-13-1-2-14(4-3-13)12-28-22(30)18-8-6-16(24)10-20(18)26/h1-10H,11-12H2,(H,27,29)(H,28,30). The zero-order valence-electron chi connectivity index (χ0n) is 15.5. The second-order valence-electron chi connectivity index (χ2n) is 6.43. The molecule has 3 aromatic rings. The number of nitrogens with one attached hydrogen (secondary N) is 2. The number of amides is 2. The van der Waals surface area contributed by atoms with Crippen LogP contribution in [-0.2, 0) is 13.1 Å². The summed E-state index contributed by atoms with van der Waals surface area (Å²) in [5, 5.41) is 7.17. The molecule has 0 aliphatic carbocycles. The lowest BCUT2D eigenvalue weighted by Crippen LogP contribution is -2.24. The van der Waals surface area contributed by atoms with Crippen molar-refractivity contribution in [2.75, 3.05) is 0 Å². The average molecular weight is 482 g/mol. The van der Waals surface area contributed by atoms with E-state index in [1.54, 1.807) is 24.3 Å². The maximum Gasteiger partial charge on any atom is 0.253 e. The molecule has 2 amide bonds. The first-order valence-electron chi connectivity index (χ1n) is 8.88. The summed E-state index contributed by atoms with van der Waals surface area (Å²) in [5.74, 6) is -0.569. The second-order valence-corrected chi connectivity index (χ2v) is 8.12. The van der Waals surface area contributed by atoms with Crippen LogP contribution in [0.2, 0.25) is 20.1 Å². The van der Waals surface area contributed by atoms with Crippen LogP contribution in [0.25, 0.3) is 0 Å². The monoisotopic (exact) mass is 480 g/mol. The SMILES string of the molecule is O=C(NCc1ccc(CNC(=O)c2ccc(Cl)cc2Cl)cc1)c1ccc(Cl)cc1Cl.